The second kappa shape index (κ2) is 4.55. The Morgan fingerprint density at radius 2 is 2.00 bits per heavy atom. The summed E-state index contributed by atoms with van der Waals surface area (Å²) in [7, 11) is 0. The molecule has 0 spiro atoms. The van der Waals surface area contributed by atoms with Crippen molar-refractivity contribution in [3.05, 3.63) is 0 Å². The molecule has 3 N–H and O–H groups in total. The number of aliphatic carboxylic acids is 1. The van der Waals surface area contributed by atoms with Crippen molar-refractivity contribution in [3.63, 3.8) is 0 Å². The molecule has 0 aromatic rings. The number of hydrogen-bond donors (Lipinski definition) is 3. The standard InChI is InChI=1S/C5H11NO2S.Pb/c1-5(2,9)3(6)4(7)8;/h3,9H,6H2,1-2H3,(H,7,8);/t3-;/m1./s1. The van der Waals surface area contributed by atoms with Gasteiger partial charge in [0.25, 0.3) is 0 Å². The van der Waals surface area contributed by atoms with E-state index in [4.69, 9.17) is 10.8 Å². The summed E-state index contributed by atoms with van der Waals surface area (Å²) in [5, 5.41) is 8.34. The first-order valence-electron chi connectivity index (χ1n) is 2.56. The molecule has 1 atom stereocenters. The zero-order valence-corrected chi connectivity index (χ0v) is 10.7. The van der Waals surface area contributed by atoms with Gasteiger partial charge in [0, 0.05) is 32.0 Å². The van der Waals surface area contributed by atoms with E-state index in [1.165, 1.54) is 0 Å². The molecule has 0 saturated carbocycles. The van der Waals surface area contributed by atoms with E-state index in [1.54, 1.807) is 13.8 Å². The fraction of sp³-hybridized carbons (Fsp3) is 0.800. The van der Waals surface area contributed by atoms with Crippen molar-refractivity contribution >= 4 is 45.9 Å². The topological polar surface area (TPSA) is 63.3 Å². The second-order valence-electron chi connectivity index (χ2n) is 2.47. The zero-order chi connectivity index (χ0) is 7.65. The van der Waals surface area contributed by atoms with Gasteiger partial charge in [-0.2, -0.15) is 12.6 Å². The van der Waals surface area contributed by atoms with Crippen LogP contribution in [0.5, 0.6) is 0 Å². The summed E-state index contributed by atoms with van der Waals surface area (Å²) in [4.78, 5) is 10.2. The Hall–Kier alpha value is 0.702. The van der Waals surface area contributed by atoms with Gasteiger partial charge in [0.05, 0.1) is 0 Å². The Morgan fingerprint density at radius 3 is 2.00 bits per heavy atom. The molecule has 0 saturated heterocycles. The summed E-state index contributed by atoms with van der Waals surface area (Å²) in [6, 6.07) is -0.902. The number of carboxylic acids is 1. The van der Waals surface area contributed by atoms with Gasteiger partial charge in [-0.15, -0.1) is 0 Å². The Labute approximate surface area is 85.9 Å². The molecule has 4 radical (unpaired) electrons. The molecule has 0 aliphatic heterocycles. The van der Waals surface area contributed by atoms with E-state index in [2.05, 4.69) is 12.6 Å². The number of carboxylic acid groups (broad SMARTS) is 1. The van der Waals surface area contributed by atoms with Crippen LogP contribution in [0.3, 0.4) is 0 Å². The molecule has 0 aromatic carbocycles. The van der Waals surface area contributed by atoms with Crippen molar-refractivity contribution in [2.24, 2.45) is 5.73 Å². The van der Waals surface area contributed by atoms with Crippen molar-refractivity contribution < 1.29 is 9.90 Å². The monoisotopic (exact) mass is 357 g/mol. The number of rotatable bonds is 2. The molecule has 0 unspecified atom stereocenters. The molecule has 58 valence electrons. The fourth-order valence-corrected chi connectivity index (χ4v) is 0.413. The fourth-order valence-electron chi connectivity index (χ4n) is 0.302. The van der Waals surface area contributed by atoms with Gasteiger partial charge in [-0.05, 0) is 13.8 Å². The number of thiol groups is 1. The summed E-state index contributed by atoms with van der Waals surface area (Å²) >= 11 is 3.98. The van der Waals surface area contributed by atoms with Crippen LogP contribution in [0.25, 0.3) is 0 Å². The van der Waals surface area contributed by atoms with Gasteiger partial charge < -0.3 is 10.8 Å². The third-order valence-corrected chi connectivity index (χ3v) is 1.31. The minimum Gasteiger partial charge on any atom is -0.480 e. The van der Waals surface area contributed by atoms with Crippen molar-refractivity contribution in [1.82, 2.24) is 0 Å². The van der Waals surface area contributed by atoms with Crippen LogP contribution in [0.2, 0.25) is 0 Å². The summed E-state index contributed by atoms with van der Waals surface area (Å²) in [6.45, 7) is 3.32. The summed E-state index contributed by atoms with van der Waals surface area (Å²) in [5.74, 6) is -1.02. The van der Waals surface area contributed by atoms with Gasteiger partial charge in [-0.25, -0.2) is 0 Å². The van der Waals surface area contributed by atoms with E-state index < -0.39 is 16.8 Å². The first kappa shape index (κ1) is 13.3. The molecule has 0 fully saturated rings. The average Bonchev–Trinajstić information content (AvgIpc) is 1.62. The molecule has 0 aliphatic rings. The normalized spacial score (nSPS) is 13.6. The second-order valence-corrected chi connectivity index (χ2v) is 3.62. The van der Waals surface area contributed by atoms with Crippen LogP contribution in [0.1, 0.15) is 13.8 Å². The molecule has 10 heavy (non-hydrogen) atoms. The maximum absolute atomic E-state index is 10.2. The number of carbonyl (C=O) groups is 1. The van der Waals surface area contributed by atoms with Gasteiger partial charge in [-0.3, -0.25) is 4.79 Å². The molecule has 0 aromatic heterocycles. The Bertz CT molecular complexity index is 123. The number of nitrogens with two attached hydrogens (primary N) is 1. The van der Waals surface area contributed by atoms with E-state index in [1.807, 2.05) is 0 Å². The minimum absolute atomic E-state index is 0. The van der Waals surface area contributed by atoms with Gasteiger partial charge in [0.2, 0.25) is 0 Å². The summed E-state index contributed by atoms with van der Waals surface area (Å²) in [5.41, 5.74) is 5.22. The van der Waals surface area contributed by atoms with E-state index in [0.717, 1.165) is 0 Å². The van der Waals surface area contributed by atoms with Crippen LogP contribution in [0.15, 0.2) is 0 Å². The van der Waals surface area contributed by atoms with Crippen LogP contribution < -0.4 is 5.73 Å². The third kappa shape index (κ3) is 4.51. The summed E-state index contributed by atoms with van der Waals surface area (Å²) < 4.78 is -0.647. The van der Waals surface area contributed by atoms with Gasteiger partial charge in [-0.1, -0.05) is 0 Å². The molecule has 5 heteroatoms. The zero-order valence-electron chi connectivity index (χ0n) is 5.96. The van der Waals surface area contributed by atoms with Crippen molar-refractivity contribution in [2.75, 3.05) is 0 Å². The van der Waals surface area contributed by atoms with Gasteiger partial charge in [0.15, 0.2) is 0 Å². The van der Waals surface area contributed by atoms with Crippen LogP contribution in [0, 0.1) is 0 Å². The van der Waals surface area contributed by atoms with Gasteiger partial charge >= 0.3 is 5.97 Å². The smallest absolute Gasteiger partial charge is 0.321 e. The largest absolute Gasteiger partial charge is 0.480 e. The SMILES string of the molecule is CC(C)(S)[C@H](N)C(=O)O.[Pb]. The Kier molecular flexibility index (Phi) is 6.06. The molecule has 0 heterocycles. The predicted octanol–water partition coefficient (Wildman–Crippen LogP) is -0.274. The molecular formula is C5H11NO2PbS. The molecule has 0 bridgehead atoms. The average molecular weight is 356 g/mol. The maximum Gasteiger partial charge on any atom is 0.321 e. The van der Waals surface area contributed by atoms with Crippen LogP contribution in [-0.4, -0.2) is 49.2 Å². The Balaban J connectivity index is 0. The molecule has 0 rings (SSSR count). The van der Waals surface area contributed by atoms with Crippen LogP contribution in [-0.2, 0) is 4.79 Å². The molecular weight excluding hydrogens is 345 g/mol. The first-order valence-corrected chi connectivity index (χ1v) is 3.01. The summed E-state index contributed by atoms with van der Waals surface area (Å²) in [6.07, 6.45) is 0. The van der Waals surface area contributed by atoms with Crippen molar-refractivity contribution in [3.8, 4) is 0 Å². The predicted molar refractivity (Wildman–Crippen MR) is 44.4 cm³/mol. The quantitative estimate of drug-likeness (QED) is 0.471. The number of hydrogen-bond acceptors (Lipinski definition) is 3. The molecule has 0 aliphatic carbocycles. The van der Waals surface area contributed by atoms with E-state index in [9.17, 15) is 4.79 Å². The molecule has 0 amide bonds. The van der Waals surface area contributed by atoms with Crippen molar-refractivity contribution in [2.45, 2.75) is 24.6 Å². The Morgan fingerprint density at radius 1 is 1.70 bits per heavy atom. The first-order chi connectivity index (χ1) is 3.85. The van der Waals surface area contributed by atoms with Crippen LogP contribution >= 0.6 is 12.6 Å². The van der Waals surface area contributed by atoms with Crippen molar-refractivity contribution in [1.29, 1.82) is 0 Å². The third-order valence-electron chi connectivity index (χ3n) is 1.03. The minimum atomic E-state index is -1.02. The maximum atomic E-state index is 10.2. The van der Waals surface area contributed by atoms with E-state index in [-0.39, 0.29) is 27.3 Å². The molecule has 3 nitrogen and oxygen atoms in total. The van der Waals surface area contributed by atoms with Crippen LogP contribution in [0.4, 0.5) is 0 Å². The van der Waals surface area contributed by atoms with Gasteiger partial charge in [0.1, 0.15) is 6.04 Å². The van der Waals surface area contributed by atoms with E-state index >= 15 is 0 Å². The van der Waals surface area contributed by atoms with E-state index in [0.29, 0.717) is 0 Å².